The van der Waals surface area contributed by atoms with Gasteiger partial charge in [0, 0.05) is 31.0 Å². The average molecular weight is 274 g/mol. The van der Waals surface area contributed by atoms with E-state index in [-0.39, 0.29) is 5.91 Å². The highest BCUT2D eigenvalue weighted by Crippen LogP contribution is 2.28. The summed E-state index contributed by atoms with van der Waals surface area (Å²) < 4.78 is 0. The second-order valence-corrected chi connectivity index (χ2v) is 5.38. The lowest BCUT2D eigenvalue weighted by molar-refractivity contribution is -0.144. The molecule has 2 aliphatic heterocycles. The van der Waals surface area contributed by atoms with E-state index in [0.29, 0.717) is 13.0 Å². The second kappa shape index (κ2) is 5.15. The highest BCUT2D eigenvalue weighted by molar-refractivity contribution is 6.07. The lowest BCUT2D eigenvalue weighted by atomic mass is 10.1. The number of anilines is 2. The molecule has 3 rings (SSSR count). The van der Waals surface area contributed by atoms with Crippen molar-refractivity contribution in [2.24, 2.45) is 5.92 Å². The molecule has 0 bridgehead atoms. The Balaban J connectivity index is 1.75. The molecule has 0 saturated carbocycles. The van der Waals surface area contributed by atoms with Gasteiger partial charge >= 0.3 is 5.97 Å². The predicted octanol–water partition coefficient (Wildman–Crippen LogP) is 1.72. The third-order valence-electron chi connectivity index (χ3n) is 4.14. The molecular formula is C15H18N2O3. The van der Waals surface area contributed by atoms with Gasteiger partial charge in [0.1, 0.15) is 5.92 Å². The van der Waals surface area contributed by atoms with E-state index in [1.807, 2.05) is 24.3 Å². The summed E-state index contributed by atoms with van der Waals surface area (Å²) in [4.78, 5) is 26.9. The Labute approximate surface area is 117 Å². The van der Waals surface area contributed by atoms with Crippen LogP contribution in [0.3, 0.4) is 0 Å². The SMILES string of the molecule is O=C(O)C1CCN(c2ccc(N3CCCC3)cc2)C1=O. The summed E-state index contributed by atoms with van der Waals surface area (Å²) in [5.74, 6) is -2.20. The van der Waals surface area contributed by atoms with Crippen LogP contribution in [-0.2, 0) is 9.59 Å². The van der Waals surface area contributed by atoms with Crippen LogP contribution in [0.1, 0.15) is 19.3 Å². The Morgan fingerprint density at radius 2 is 1.65 bits per heavy atom. The van der Waals surface area contributed by atoms with E-state index in [4.69, 9.17) is 5.11 Å². The highest BCUT2D eigenvalue weighted by atomic mass is 16.4. The summed E-state index contributed by atoms with van der Waals surface area (Å²) in [6.45, 7) is 2.66. The smallest absolute Gasteiger partial charge is 0.316 e. The van der Waals surface area contributed by atoms with Crippen molar-refractivity contribution in [3.05, 3.63) is 24.3 Å². The first kappa shape index (κ1) is 13.0. The quantitative estimate of drug-likeness (QED) is 0.853. The first-order valence-corrected chi connectivity index (χ1v) is 7.06. The third kappa shape index (κ3) is 2.24. The topological polar surface area (TPSA) is 60.9 Å². The molecule has 1 N–H and O–H groups in total. The van der Waals surface area contributed by atoms with Crippen molar-refractivity contribution >= 4 is 23.3 Å². The van der Waals surface area contributed by atoms with Gasteiger partial charge < -0.3 is 14.9 Å². The van der Waals surface area contributed by atoms with Crippen molar-refractivity contribution in [3.63, 3.8) is 0 Å². The van der Waals surface area contributed by atoms with Gasteiger partial charge in [-0.05, 0) is 43.5 Å². The number of carbonyl (C=O) groups is 2. The third-order valence-corrected chi connectivity index (χ3v) is 4.14. The van der Waals surface area contributed by atoms with Crippen LogP contribution in [0.25, 0.3) is 0 Å². The van der Waals surface area contributed by atoms with E-state index >= 15 is 0 Å². The van der Waals surface area contributed by atoms with Crippen molar-refractivity contribution in [2.45, 2.75) is 19.3 Å². The van der Waals surface area contributed by atoms with Gasteiger partial charge in [0.15, 0.2) is 0 Å². The van der Waals surface area contributed by atoms with Crippen LogP contribution in [0.2, 0.25) is 0 Å². The van der Waals surface area contributed by atoms with Crippen LogP contribution < -0.4 is 9.80 Å². The van der Waals surface area contributed by atoms with Crippen molar-refractivity contribution in [3.8, 4) is 0 Å². The van der Waals surface area contributed by atoms with E-state index in [1.165, 1.54) is 18.5 Å². The maximum absolute atomic E-state index is 12.0. The van der Waals surface area contributed by atoms with Crippen LogP contribution >= 0.6 is 0 Å². The number of carboxylic acids is 1. The number of nitrogens with zero attached hydrogens (tertiary/aromatic N) is 2. The van der Waals surface area contributed by atoms with Gasteiger partial charge in [-0.2, -0.15) is 0 Å². The summed E-state index contributed by atoms with van der Waals surface area (Å²) in [5, 5.41) is 8.98. The number of carbonyl (C=O) groups excluding carboxylic acids is 1. The minimum atomic E-state index is -1.02. The Morgan fingerprint density at radius 3 is 2.20 bits per heavy atom. The minimum Gasteiger partial charge on any atom is -0.481 e. The van der Waals surface area contributed by atoms with Crippen molar-refractivity contribution < 1.29 is 14.7 Å². The Morgan fingerprint density at radius 1 is 1.05 bits per heavy atom. The zero-order chi connectivity index (χ0) is 14.1. The fraction of sp³-hybridized carbons (Fsp3) is 0.467. The molecule has 1 aromatic rings. The van der Waals surface area contributed by atoms with E-state index in [9.17, 15) is 9.59 Å². The Hall–Kier alpha value is -2.04. The lowest BCUT2D eigenvalue weighted by Gasteiger charge is -2.20. The number of hydrogen-bond donors (Lipinski definition) is 1. The average Bonchev–Trinajstić information content (AvgIpc) is 3.08. The monoisotopic (exact) mass is 274 g/mol. The minimum absolute atomic E-state index is 0.300. The Kier molecular flexibility index (Phi) is 3.34. The number of rotatable bonds is 3. The van der Waals surface area contributed by atoms with E-state index in [0.717, 1.165) is 18.8 Å². The molecule has 5 heteroatoms. The predicted molar refractivity (Wildman–Crippen MR) is 76.0 cm³/mol. The normalized spacial score (nSPS) is 22.6. The van der Waals surface area contributed by atoms with Gasteiger partial charge in [0.25, 0.3) is 0 Å². The molecule has 1 unspecified atom stereocenters. The molecule has 2 fully saturated rings. The Bertz CT molecular complexity index is 520. The second-order valence-electron chi connectivity index (χ2n) is 5.38. The molecule has 1 amide bonds. The first-order chi connectivity index (χ1) is 9.66. The van der Waals surface area contributed by atoms with Gasteiger partial charge in [-0.25, -0.2) is 0 Å². The fourth-order valence-corrected chi connectivity index (χ4v) is 2.98. The standard InChI is InChI=1S/C15H18N2O3/c18-14-13(15(19)20)7-10-17(14)12-5-3-11(4-6-12)16-8-1-2-9-16/h3-6,13H,1-2,7-10H2,(H,19,20). The van der Waals surface area contributed by atoms with Gasteiger partial charge in [0.05, 0.1) is 0 Å². The molecule has 2 saturated heterocycles. The molecule has 1 aromatic carbocycles. The summed E-state index contributed by atoms with van der Waals surface area (Å²) in [7, 11) is 0. The first-order valence-electron chi connectivity index (χ1n) is 7.06. The fourth-order valence-electron chi connectivity index (χ4n) is 2.98. The van der Waals surface area contributed by atoms with Gasteiger partial charge in [-0.1, -0.05) is 0 Å². The largest absolute Gasteiger partial charge is 0.481 e. The van der Waals surface area contributed by atoms with Crippen LogP contribution in [0.5, 0.6) is 0 Å². The number of benzene rings is 1. The molecule has 0 radical (unpaired) electrons. The number of hydrogen-bond acceptors (Lipinski definition) is 3. The van der Waals surface area contributed by atoms with Crippen LogP contribution in [0, 0.1) is 5.92 Å². The van der Waals surface area contributed by atoms with Crippen molar-refractivity contribution in [2.75, 3.05) is 29.4 Å². The molecule has 20 heavy (non-hydrogen) atoms. The zero-order valence-corrected chi connectivity index (χ0v) is 11.3. The summed E-state index contributed by atoms with van der Waals surface area (Å²) in [6, 6.07) is 7.86. The molecular weight excluding hydrogens is 256 g/mol. The number of carboxylic acid groups (broad SMARTS) is 1. The molecule has 0 aliphatic carbocycles. The van der Waals surface area contributed by atoms with Crippen LogP contribution in [0.4, 0.5) is 11.4 Å². The van der Waals surface area contributed by atoms with Gasteiger partial charge in [-0.3, -0.25) is 9.59 Å². The van der Waals surface area contributed by atoms with Crippen LogP contribution in [-0.4, -0.2) is 36.6 Å². The van der Waals surface area contributed by atoms with Gasteiger partial charge in [-0.15, -0.1) is 0 Å². The molecule has 5 nitrogen and oxygen atoms in total. The molecule has 1 atom stereocenters. The number of amides is 1. The van der Waals surface area contributed by atoms with E-state index in [1.54, 1.807) is 4.90 Å². The van der Waals surface area contributed by atoms with Crippen molar-refractivity contribution in [1.29, 1.82) is 0 Å². The summed E-state index contributed by atoms with van der Waals surface area (Å²) in [5.41, 5.74) is 1.97. The maximum Gasteiger partial charge on any atom is 0.316 e. The molecule has 2 heterocycles. The highest BCUT2D eigenvalue weighted by Gasteiger charge is 2.37. The zero-order valence-electron chi connectivity index (χ0n) is 11.3. The summed E-state index contributed by atoms with van der Waals surface area (Å²) in [6.07, 6.45) is 2.85. The summed E-state index contributed by atoms with van der Waals surface area (Å²) >= 11 is 0. The maximum atomic E-state index is 12.0. The molecule has 0 spiro atoms. The van der Waals surface area contributed by atoms with Gasteiger partial charge in [0.2, 0.25) is 5.91 Å². The van der Waals surface area contributed by atoms with Crippen LogP contribution in [0.15, 0.2) is 24.3 Å². The molecule has 2 aliphatic rings. The lowest BCUT2D eigenvalue weighted by Crippen LogP contribution is -2.30. The van der Waals surface area contributed by atoms with Crippen molar-refractivity contribution in [1.82, 2.24) is 0 Å². The van der Waals surface area contributed by atoms with E-state index < -0.39 is 11.9 Å². The number of aliphatic carboxylic acids is 1. The molecule has 0 aromatic heterocycles. The van der Waals surface area contributed by atoms with E-state index in [2.05, 4.69) is 4.90 Å². The molecule has 106 valence electrons.